The van der Waals surface area contributed by atoms with Crippen LogP contribution in [0.2, 0.25) is 0 Å². The van der Waals surface area contributed by atoms with Crippen molar-refractivity contribution in [1.82, 2.24) is 4.98 Å². The second-order valence-corrected chi connectivity index (χ2v) is 6.66. The van der Waals surface area contributed by atoms with Crippen molar-refractivity contribution in [2.45, 2.75) is 6.92 Å². The zero-order valence-electron chi connectivity index (χ0n) is 15.8. The van der Waals surface area contributed by atoms with Crippen LogP contribution in [0.15, 0.2) is 84.4 Å². The quantitative estimate of drug-likeness (QED) is 0.261. The first-order chi connectivity index (χ1) is 14.2. The number of fused-ring (bicyclic) bond motifs is 1. The number of carbonyl (C=O) groups excluding carboxylic acids is 1. The summed E-state index contributed by atoms with van der Waals surface area (Å²) in [6, 6.07) is 26.4. The topological polar surface area (TPSA) is 65.9 Å². The van der Waals surface area contributed by atoms with Gasteiger partial charge in [-0.05, 0) is 48.9 Å². The molecule has 0 unspecified atom stereocenters. The molecule has 1 N–H and O–H groups in total. The fraction of sp³-hybridized carbons (Fsp3) is 0.0400. The van der Waals surface area contributed by atoms with Crippen LogP contribution in [0.4, 0.5) is 0 Å². The summed E-state index contributed by atoms with van der Waals surface area (Å²) in [6.45, 7) is 1.84. The first kappa shape index (κ1) is 18.3. The van der Waals surface area contributed by atoms with Gasteiger partial charge in [0.1, 0.15) is 23.1 Å². The summed E-state index contributed by atoms with van der Waals surface area (Å²) in [5, 5.41) is 10.5. The highest BCUT2D eigenvalue weighted by Gasteiger charge is 2.19. The van der Waals surface area contributed by atoms with Crippen LogP contribution in [0.5, 0.6) is 11.5 Å². The number of aromatic amines is 1. The molecule has 4 aromatic rings. The second kappa shape index (κ2) is 7.87. The summed E-state index contributed by atoms with van der Waals surface area (Å²) < 4.78 is 5.84. The van der Waals surface area contributed by atoms with Gasteiger partial charge in [0.25, 0.3) is 0 Å². The molecule has 0 atom stereocenters. The molecule has 0 saturated heterocycles. The van der Waals surface area contributed by atoms with Crippen LogP contribution in [-0.4, -0.2) is 10.8 Å². The molecule has 0 bridgehead atoms. The zero-order chi connectivity index (χ0) is 20.2. The van der Waals surface area contributed by atoms with Crippen LogP contribution in [0, 0.1) is 18.3 Å². The molecule has 0 saturated carbocycles. The number of aromatic nitrogens is 1. The number of benzene rings is 3. The number of nitrogens with one attached hydrogen (secondary N) is 1. The van der Waals surface area contributed by atoms with Gasteiger partial charge in [0.15, 0.2) is 0 Å². The summed E-state index contributed by atoms with van der Waals surface area (Å²) in [5.41, 5.74) is 2.96. The number of rotatable bonds is 5. The highest BCUT2D eigenvalue weighted by molar-refractivity contribution is 6.20. The van der Waals surface area contributed by atoms with Crippen LogP contribution in [0.1, 0.15) is 21.6 Å². The Labute approximate surface area is 168 Å². The molecule has 1 aromatic heterocycles. The molecule has 0 radical (unpaired) electrons. The number of nitrogens with zero attached hydrogens (tertiary/aromatic N) is 1. The van der Waals surface area contributed by atoms with Gasteiger partial charge in [-0.15, -0.1) is 0 Å². The van der Waals surface area contributed by atoms with Gasteiger partial charge >= 0.3 is 0 Å². The number of allylic oxidation sites excluding steroid dienone is 1. The summed E-state index contributed by atoms with van der Waals surface area (Å²) in [4.78, 5) is 16.3. The Morgan fingerprint density at radius 1 is 0.966 bits per heavy atom. The minimum absolute atomic E-state index is 0.0784. The average Bonchev–Trinajstić information content (AvgIpc) is 3.08. The molecule has 29 heavy (non-hydrogen) atoms. The molecule has 140 valence electrons. The second-order valence-electron chi connectivity index (χ2n) is 6.66. The number of H-pyrrole nitrogens is 1. The maximum absolute atomic E-state index is 13.1. The van der Waals surface area contributed by atoms with E-state index in [2.05, 4.69) is 11.1 Å². The van der Waals surface area contributed by atoms with E-state index in [-0.39, 0.29) is 11.4 Å². The van der Waals surface area contributed by atoms with Gasteiger partial charge in [-0.3, -0.25) is 4.79 Å². The summed E-state index contributed by atoms with van der Waals surface area (Å²) >= 11 is 0. The van der Waals surface area contributed by atoms with Crippen molar-refractivity contribution in [3.63, 3.8) is 0 Å². The molecule has 0 aliphatic carbocycles. The van der Waals surface area contributed by atoms with Crippen LogP contribution in [0.3, 0.4) is 0 Å². The first-order valence-electron chi connectivity index (χ1n) is 9.22. The van der Waals surface area contributed by atoms with Gasteiger partial charge in [-0.1, -0.05) is 48.5 Å². The molecular weight excluding hydrogens is 360 g/mol. The highest BCUT2D eigenvalue weighted by atomic mass is 16.5. The highest BCUT2D eigenvalue weighted by Crippen LogP contribution is 2.26. The average molecular weight is 378 g/mol. The summed E-state index contributed by atoms with van der Waals surface area (Å²) in [7, 11) is 0. The molecule has 0 aliphatic rings. The van der Waals surface area contributed by atoms with Crippen molar-refractivity contribution in [2.75, 3.05) is 0 Å². The Hall–Kier alpha value is -4.10. The molecule has 0 amide bonds. The minimum Gasteiger partial charge on any atom is -0.457 e. The predicted octanol–water partition coefficient (Wildman–Crippen LogP) is 6.06. The monoisotopic (exact) mass is 378 g/mol. The molecule has 4 nitrogen and oxygen atoms in total. The van der Waals surface area contributed by atoms with E-state index in [0.29, 0.717) is 11.3 Å². The van der Waals surface area contributed by atoms with E-state index < -0.39 is 0 Å². The zero-order valence-corrected chi connectivity index (χ0v) is 15.8. The molecule has 0 aliphatic heterocycles. The molecule has 3 aromatic carbocycles. The fourth-order valence-corrected chi connectivity index (χ4v) is 3.31. The normalized spacial score (nSPS) is 11.2. The van der Waals surface area contributed by atoms with Gasteiger partial charge in [0, 0.05) is 16.6 Å². The maximum Gasteiger partial charge on any atom is 0.205 e. The van der Waals surface area contributed by atoms with Crippen molar-refractivity contribution < 1.29 is 9.53 Å². The van der Waals surface area contributed by atoms with Crippen molar-refractivity contribution in [3.05, 3.63) is 101 Å². The molecular formula is C25H18N2O2. The number of hydrogen-bond donors (Lipinski definition) is 1. The number of Topliss-reactive ketones (excluding diaryl/α,β-unsaturated/α-hetero) is 1. The Morgan fingerprint density at radius 3 is 2.48 bits per heavy atom. The number of aryl methyl sites for hydroxylation is 1. The Morgan fingerprint density at radius 2 is 1.69 bits per heavy atom. The molecule has 4 heteroatoms. The summed E-state index contributed by atoms with van der Waals surface area (Å²) in [5.74, 6) is 1.06. The lowest BCUT2D eigenvalue weighted by Crippen LogP contribution is -2.03. The third-order valence-electron chi connectivity index (χ3n) is 4.63. The van der Waals surface area contributed by atoms with Crippen molar-refractivity contribution in [1.29, 1.82) is 5.26 Å². The van der Waals surface area contributed by atoms with Crippen molar-refractivity contribution in [3.8, 4) is 17.6 Å². The smallest absolute Gasteiger partial charge is 0.205 e. The van der Waals surface area contributed by atoms with Crippen molar-refractivity contribution in [2.24, 2.45) is 0 Å². The number of ketones is 1. The van der Waals surface area contributed by atoms with E-state index in [9.17, 15) is 10.1 Å². The number of ether oxygens (including phenoxy) is 1. The van der Waals surface area contributed by atoms with Crippen LogP contribution in [0.25, 0.3) is 17.0 Å². The molecule has 4 rings (SSSR count). The lowest BCUT2D eigenvalue weighted by atomic mass is 9.99. The van der Waals surface area contributed by atoms with E-state index in [0.717, 1.165) is 27.9 Å². The van der Waals surface area contributed by atoms with Gasteiger partial charge in [-0.25, -0.2) is 0 Å². The fourth-order valence-electron chi connectivity index (χ4n) is 3.31. The molecule has 0 spiro atoms. The van der Waals surface area contributed by atoms with Crippen LogP contribution in [-0.2, 0) is 0 Å². The van der Waals surface area contributed by atoms with Gasteiger partial charge in [0.2, 0.25) is 5.78 Å². The predicted molar refractivity (Wildman–Crippen MR) is 114 cm³/mol. The SMILES string of the molecule is Cc1[nH]c2ccccc2c1C(=O)C(C#N)=Cc1cccc(Oc2ccccc2)c1. The lowest BCUT2D eigenvalue weighted by Gasteiger charge is -2.06. The van der Waals surface area contributed by atoms with E-state index in [1.165, 1.54) is 0 Å². The maximum atomic E-state index is 13.1. The number of para-hydroxylation sites is 2. The van der Waals surface area contributed by atoms with Crippen molar-refractivity contribution >= 4 is 22.8 Å². The Bertz CT molecular complexity index is 1260. The largest absolute Gasteiger partial charge is 0.457 e. The lowest BCUT2D eigenvalue weighted by molar-refractivity contribution is 0.104. The van der Waals surface area contributed by atoms with Gasteiger partial charge < -0.3 is 9.72 Å². The van der Waals surface area contributed by atoms with Crippen LogP contribution < -0.4 is 4.74 Å². The van der Waals surface area contributed by atoms with E-state index in [1.807, 2.05) is 79.7 Å². The Balaban J connectivity index is 1.67. The Kier molecular flexibility index (Phi) is 4.96. The molecule has 0 fully saturated rings. The first-order valence-corrected chi connectivity index (χ1v) is 9.22. The minimum atomic E-state index is -0.295. The van der Waals surface area contributed by atoms with E-state index >= 15 is 0 Å². The van der Waals surface area contributed by atoms with E-state index in [4.69, 9.17) is 4.74 Å². The summed E-state index contributed by atoms with van der Waals surface area (Å²) in [6.07, 6.45) is 1.60. The third kappa shape index (κ3) is 3.80. The number of hydrogen-bond acceptors (Lipinski definition) is 3. The third-order valence-corrected chi connectivity index (χ3v) is 4.63. The van der Waals surface area contributed by atoms with Gasteiger partial charge in [-0.2, -0.15) is 5.26 Å². The number of carbonyl (C=O) groups is 1. The van der Waals surface area contributed by atoms with E-state index in [1.54, 1.807) is 12.1 Å². The van der Waals surface area contributed by atoms with Crippen LogP contribution >= 0.6 is 0 Å². The molecule has 1 heterocycles. The standard InChI is InChI=1S/C25H18N2O2/c1-17-24(22-12-5-6-13-23(22)27-17)25(28)19(16-26)14-18-8-7-11-21(15-18)29-20-9-3-2-4-10-20/h2-15,27H,1H3. The number of nitriles is 1. The van der Waals surface area contributed by atoms with Gasteiger partial charge in [0.05, 0.1) is 5.56 Å².